The van der Waals surface area contributed by atoms with Crippen LogP contribution in [-0.2, 0) is 16.0 Å². The van der Waals surface area contributed by atoms with E-state index in [1.807, 2.05) is 36.4 Å². The van der Waals surface area contributed by atoms with Gasteiger partial charge in [-0.15, -0.1) is 0 Å². The summed E-state index contributed by atoms with van der Waals surface area (Å²) in [5, 5.41) is 29.5. The van der Waals surface area contributed by atoms with Crippen LogP contribution < -0.4 is 4.74 Å². The second kappa shape index (κ2) is 10.2. The fourth-order valence-electron chi connectivity index (χ4n) is 5.05. The summed E-state index contributed by atoms with van der Waals surface area (Å²) < 4.78 is 10.4. The molecule has 0 bridgehead atoms. The topological polar surface area (TPSA) is 96.2 Å². The van der Waals surface area contributed by atoms with Gasteiger partial charge in [-0.25, -0.2) is 4.79 Å². The minimum absolute atomic E-state index is 0.0740. The number of aliphatic carboxylic acids is 1. The fraction of sp³-hybridized carbons (Fsp3) is 0.609. The third-order valence-electron chi connectivity index (χ3n) is 6.36. The number of carbonyl (C=O) groups is 1. The van der Waals surface area contributed by atoms with Crippen molar-refractivity contribution in [3.8, 4) is 5.75 Å². The molecule has 0 amide bonds. The van der Waals surface area contributed by atoms with Crippen LogP contribution in [-0.4, -0.2) is 53.8 Å². The van der Waals surface area contributed by atoms with Gasteiger partial charge in [0.15, 0.2) is 0 Å². The molecule has 2 saturated carbocycles. The van der Waals surface area contributed by atoms with E-state index in [1.54, 1.807) is 7.11 Å². The molecular weight excluding hydrogens is 372 g/mol. The van der Waals surface area contributed by atoms with Gasteiger partial charge in [0.25, 0.3) is 0 Å². The lowest BCUT2D eigenvalue weighted by molar-refractivity contribution is -0.142. The normalized spacial score (nSPS) is 29.8. The first-order valence-electron chi connectivity index (χ1n) is 10.4. The Hall–Kier alpha value is -1.89. The minimum atomic E-state index is -0.936. The number of ether oxygens (including phenoxy) is 2. The first kappa shape index (κ1) is 21.8. The number of carboxylic acid groups (broad SMARTS) is 1. The molecule has 0 saturated heterocycles. The van der Waals surface area contributed by atoms with Crippen LogP contribution in [0.15, 0.2) is 36.4 Å². The van der Waals surface area contributed by atoms with E-state index in [9.17, 15) is 15.0 Å². The predicted octanol–water partition coefficient (Wildman–Crippen LogP) is 2.67. The predicted molar refractivity (Wildman–Crippen MR) is 109 cm³/mol. The number of aliphatic hydroxyl groups excluding tert-OH is 2. The monoisotopic (exact) mass is 404 g/mol. The van der Waals surface area contributed by atoms with E-state index in [0.29, 0.717) is 30.8 Å². The van der Waals surface area contributed by atoms with Gasteiger partial charge in [-0.1, -0.05) is 24.3 Å². The first-order valence-corrected chi connectivity index (χ1v) is 10.4. The van der Waals surface area contributed by atoms with Crippen LogP contribution in [0.1, 0.15) is 31.2 Å². The Morgan fingerprint density at radius 1 is 1.31 bits per heavy atom. The molecule has 29 heavy (non-hydrogen) atoms. The van der Waals surface area contributed by atoms with Crippen LogP contribution >= 0.6 is 0 Å². The van der Waals surface area contributed by atoms with E-state index < -0.39 is 12.1 Å². The molecule has 3 rings (SSSR count). The summed E-state index contributed by atoms with van der Waals surface area (Å²) in [4.78, 5) is 10.5. The van der Waals surface area contributed by atoms with E-state index >= 15 is 0 Å². The molecule has 0 radical (unpaired) electrons. The van der Waals surface area contributed by atoms with Crippen molar-refractivity contribution < 1.29 is 29.6 Å². The van der Waals surface area contributed by atoms with Crippen LogP contribution in [0.2, 0.25) is 0 Å². The Kier molecular flexibility index (Phi) is 7.70. The van der Waals surface area contributed by atoms with Crippen molar-refractivity contribution in [2.45, 2.75) is 44.3 Å². The summed E-state index contributed by atoms with van der Waals surface area (Å²) in [6.07, 6.45) is 7.14. The molecule has 1 aromatic rings. The van der Waals surface area contributed by atoms with Crippen molar-refractivity contribution in [3.63, 3.8) is 0 Å². The van der Waals surface area contributed by atoms with Gasteiger partial charge < -0.3 is 24.8 Å². The maximum absolute atomic E-state index is 10.5. The quantitative estimate of drug-likeness (QED) is 0.410. The average molecular weight is 405 g/mol. The Balaban J connectivity index is 1.50. The number of hydrogen-bond acceptors (Lipinski definition) is 5. The Labute approximate surface area is 172 Å². The summed E-state index contributed by atoms with van der Waals surface area (Å²) in [6, 6.07) is 7.68. The highest BCUT2D eigenvalue weighted by molar-refractivity contribution is 5.67. The smallest absolute Gasteiger partial charge is 0.329 e. The zero-order valence-electron chi connectivity index (χ0n) is 16.9. The van der Waals surface area contributed by atoms with Crippen molar-refractivity contribution in [1.29, 1.82) is 0 Å². The first-order chi connectivity index (χ1) is 14.0. The van der Waals surface area contributed by atoms with Crippen molar-refractivity contribution in [2.24, 2.45) is 23.7 Å². The van der Waals surface area contributed by atoms with Crippen molar-refractivity contribution in [3.05, 3.63) is 42.0 Å². The Morgan fingerprint density at radius 2 is 2.14 bits per heavy atom. The van der Waals surface area contributed by atoms with Gasteiger partial charge >= 0.3 is 5.97 Å². The van der Waals surface area contributed by atoms with Crippen molar-refractivity contribution in [1.82, 2.24) is 0 Å². The molecule has 6 atom stereocenters. The molecular formula is C23H32O6. The van der Waals surface area contributed by atoms with Gasteiger partial charge in [-0.3, -0.25) is 0 Å². The molecule has 6 nitrogen and oxygen atoms in total. The molecule has 0 aromatic heterocycles. The standard InChI is InChI=1S/C23H32O6/c1-28-19-4-2-3-15(11-19)10-18(24)5-6-20-21-12-16(7-8-29-14-23(26)27)9-17(21)13-22(20)25/h2-6,11,16-18,20-22,24-25H,7-10,12-14H2,1H3,(H,26,27)/t16?,17-,18?,20-,21+,22-/m0/s1. The highest BCUT2D eigenvalue weighted by atomic mass is 16.5. The highest BCUT2D eigenvalue weighted by Crippen LogP contribution is 2.51. The summed E-state index contributed by atoms with van der Waals surface area (Å²) in [5.41, 5.74) is 1.01. The molecule has 1 aromatic carbocycles. The second-order valence-electron chi connectivity index (χ2n) is 8.38. The third-order valence-corrected chi connectivity index (χ3v) is 6.36. The van der Waals surface area contributed by atoms with Gasteiger partial charge in [0, 0.05) is 18.9 Å². The summed E-state index contributed by atoms with van der Waals surface area (Å²) in [7, 11) is 1.63. The molecule has 3 N–H and O–H groups in total. The lowest BCUT2D eigenvalue weighted by atomic mass is 9.89. The largest absolute Gasteiger partial charge is 0.497 e. The number of methoxy groups -OCH3 is 1. The van der Waals surface area contributed by atoms with E-state index in [2.05, 4.69) is 0 Å². The molecule has 2 aliphatic rings. The maximum Gasteiger partial charge on any atom is 0.329 e. The zero-order chi connectivity index (χ0) is 20.8. The molecule has 160 valence electrons. The number of hydrogen-bond donors (Lipinski definition) is 3. The van der Waals surface area contributed by atoms with Crippen molar-refractivity contribution in [2.75, 3.05) is 20.3 Å². The minimum Gasteiger partial charge on any atom is -0.497 e. The van der Waals surface area contributed by atoms with E-state index in [0.717, 1.165) is 37.0 Å². The van der Waals surface area contributed by atoms with Gasteiger partial charge in [-0.05, 0) is 61.1 Å². The number of carboxylic acids is 1. The van der Waals surface area contributed by atoms with Crippen LogP contribution in [0.5, 0.6) is 5.75 Å². The molecule has 2 unspecified atom stereocenters. The van der Waals surface area contributed by atoms with Gasteiger partial charge in [-0.2, -0.15) is 0 Å². The molecule has 0 spiro atoms. The highest BCUT2D eigenvalue weighted by Gasteiger charge is 2.46. The van der Waals surface area contributed by atoms with Crippen LogP contribution in [0.25, 0.3) is 0 Å². The van der Waals surface area contributed by atoms with Crippen LogP contribution in [0, 0.1) is 23.7 Å². The number of benzene rings is 1. The molecule has 6 heteroatoms. The van der Waals surface area contributed by atoms with Crippen LogP contribution in [0.4, 0.5) is 0 Å². The fourth-order valence-corrected chi connectivity index (χ4v) is 5.05. The number of fused-ring (bicyclic) bond motifs is 1. The zero-order valence-corrected chi connectivity index (χ0v) is 16.9. The van der Waals surface area contributed by atoms with E-state index in [-0.39, 0.29) is 18.6 Å². The lowest BCUT2D eigenvalue weighted by Crippen LogP contribution is -2.19. The second-order valence-corrected chi connectivity index (χ2v) is 8.38. The van der Waals surface area contributed by atoms with E-state index in [1.165, 1.54) is 0 Å². The summed E-state index contributed by atoms with van der Waals surface area (Å²) in [5.74, 6) is 1.36. The third kappa shape index (κ3) is 6.04. The molecule has 2 fully saturated rings. The number of rotatable bonds is 10. The number of aliphatic hydroxyl groups is 2. The summed E-state index contributed by atoms with van der Waals surface area (Å²) >= 11 is 0. The Morgan fingerprint density at radius 3 is 2.90 bits per heavy atom. The SMILES string of the molecule is COc1cccc(CC(O)C=C[C@H]2[C@@H]3CC(CCOCC(=O)O)C[C@H]3C[C@@H]2O)c1. The van der Waals surface area contributed by atoms with Gasteiger partial charge in [0.1, 0.15) is 12.4 Å². The van der Waals surface area contributed by atoms with Crippen LogP contribution in [0.3, 0.4) is 0 Å². The lowest BCUT2D eigenvalue weighted by Gasteiger charge is -2.19. The average Bonchev–Trinajstić information content (AvgIpc) is 3.20. The summed E-state index contributed by atoms with van der Waals surface area (Å²) in [6.45, 7) is 0.230. The van der Waals surface area contributed by atoms with Gasteiger partial charge in [0.2, 0.25) is 0 Å². The molecule has 0 heterocycles. The molecule has 0 aliphatic heterocycles. The Bertz CT molecular complexity index is 702. The molecule has 2 aliphatic carbocycles. The van der Waals surface area contributed by atoms with Crippen molar-refractivity contribution >= 4 is 5.97 Å². The van der Waals surface area contributed by atoms with Gasteiger partial charge in [0.05, 0.1) is 19.3 Å². The van der Waals surface area contributed by atoms with E-state index in [4.69, 9.17) is 14.6 Å². The maximum atomic E-state index is 10.5.